The minimum Gasteiger partial charge on any atom is -0.353 e. The molecule has 0 unspecified atom stereocenters. The lowest BCUT2D eigenvalue weighted by Crippen LogP contribution is -2.48. The molecule has 0 aliphatic carbocycles. The average molecular weight is 411 g/mol. The lowest BCUT2D eigenvalue weighted by atomic mass is 10.1. The molecule has 0 radical (unpaired) electrons. The third-order valence-corrected chi connectivity index (χ3v) is 6.92. The van der Waals surface area contributed by atoms with Crippen LogP contribution in [0.5, 0.6) is 0 Å². The molecule has 1 heterocycles. The highest BCUT2D eigenvalue weighted by Crippen LogP contribution is 2.34. The lowest BCUT2D eigenvalue weighted by molar-refractivity contribution is -0.125. The SMILES string of the molecule is CCN(CC)S(=O)(=O)c1ccc2c(c1)C[C@H](C(=O)NCCN(C)C)N2C(C)=O. The number of amides is 2. The van der Waals surface area contributed by atoms with Gasteiger partial charge in [-0.3, -0.25) is 14.5 Å². The van der Waals surface area contributed by atoms with Crippen LogP contribution in [0.4, 0.5) is 5.69 Å². The van der Waals surface area contributed by atoms with Crippen molar-refractivity contribution in [3.63, 3.8) is 0 Å². The van der Waals surface area contributed by atoms with Gasteiger partial charge < -0.3 is 10.2 Å². The Kier molecular flexibility index (Phi) is 7.19. The Labute approximate surface area is 167 Å². The third kappa shape index (κ3) is 4.53. The first-order valence-corrected chi connectivity index (χ1v) is 10.9. The van der Waals surface area contributed by atoms with E-state index >= 15 is 0 Å². The van der Waals surface area contributed by atoms with Crippen LogP contribution in [0, 0.1) is 0 Å². The van der Waals surface area contributed by atoms with Crippen molar-refractivity contribution in [3.05, 3.63) is 23.8 Å². The molecule has 0 aromatic heterocycles. The fourth-order valence-corrected chi connectivity index (χ4v) is 4.93. The summed E-state index contributed by atoms with van der Waals surface area (Å²) >= 11 is 0. The summed E-state index contributed by atoms with van der Waals surface area (Å²) < 4.78 is 27.0. The number of hydrogen-bond donors (Lipinski definition) is 1. The Balaban J connectivity index is 2.31. The number of benzene rings is 1. The Morgan fingerprint density at radius 2 is 1.86 bits per heavy atom. The number of nitrogens with one attached hydrogen (secondary N) is 1. The minimum atomic E-state index is -3.60. The van der Waals surface area contributed by atoms with Gasteiger partial charge in [-0.05, 0) is 37.9 Å². The number of rotatable bonds is 8. The Morgan fingerprint density at radius 1 is 1.21 bits per heavy atom. The highest BCUT2D eigenvalue weighted by molar-refractivity contribution is 7.89. The fourth-order valence-electron chi connectivity index (χ4n) is 3.42. The Bertz CT molecular complexity index is 834. The van der Waals surface area contributed by atoms with E-state index in [1.54, 1.807) is 26.0 Å². The summed E-state index contributed by atoms with van der Waals surface area (Å²) in [4.78, 5) is 28.4. The maximum absolute atomic E-state index is 12.8. The second-order valence-corrected chi connectivity index (χ2v) is 9.02. The van der Waals surface area contributed by atoms with Gasteiger partial charge in [0.2, 0.25) is 21.8 Å². The van der Waals surface area contributed by atoms with Gasteiger partial charge >= 0.3 is 0 Å². The molecule has 0 saturated heterocycles. The van der Waals surface area contributed by atoms with E-state index in [-0.39, 0.29) is 16.7 Å². The summed E-state index contributed by atoms with van der Waals surface area (Å²) in [6, 6.07) is 4.06. The van der Waals surface area contributed by atoms with Crippen LogP contribution in [0.15, 0.2) is 23.1 Å². The van der Waals surface area contributed by atoms with Gasteiger partial charge in [-0.1, -0.05) is 13.8 Å². The quantitative estimate of drug-likeness (QED) is 0.680. The van der Waals surface area contributed by atoms with Crippen molar-refractivity contribution >= 4 is 27.5 Å². The monoisotopic (exact) mass is 410 g/mol. The first-order chi connectivity index (χ1) is 13.1. The molecular formula is C19H30N4O4S. The van der Waals surface area contributed by atoms with Gasteiger partial charge in [0.15, 0.2) is 0 Å². The zero-order valence-electron chi connectivity index (χ0n) is 17.2. The number of carbonyl (C=O) groups is 2. The summed E-state index contributed by atoms with van der Waals surface area (Å²) in [5.74, 6) is -0.479. The number of sulfonamides is 1. The van der Waals surface area contributed by atoms with E-state index in [0.29, 0.717) is 43.9 Å². The van der Waals surface area contributed by atoms with Crippen LogP contribution in [-0.4, -0.2) is 75.8 Å². The highest BCUT2D eigenvalue weighted by Gasteiger charge is 2.37. The number of anilines is 1. The van der Waals surface area contributed by atoms with Gasteiger partial charge in [0.25, 0.3) is 0 Å². The number of hydrogen-bond acceptors (Lipinski definition) is 5. The lowest BCUT2D eigenvalue weighted by Gasteiger charge is -2.24. The third-order valence-electron chi connectivity index (χ3n) is 4.88. The second kappa shape index (κ2) is 9.02. The van der Waals surface area contributed by atoms with Crippen molar-refractivity contribution in [2.75, 3.05) is 45.2 Å². The fraction of sp³-hybridized carbons (Fsp3) is 0.579. The van der Waals surface area contributed by atoms with Crippen molar-refractivity contribution in [1.29, 1.82) is 0 Å². The molecule has 28 heavy (non-hydrogen) atoms. The first kappa shape index (κ1) is 22.3. The van der Waals surface area contributed by atoms with E-state index in [2.05, 4.69) is 5.32 Å². The summed E-state index contributed by atoms with van der Waals surface area (Å²) in [7, 11) is 0.230. The van der Waals surface area contributed by atoms with Crippen LogP contribution < -0.4 is 10.2 Å². The summed E-state index contributed by atoms with van der Waals surface area (Å²) in [5, 5.41) is 2.86. The van der Waals surface area contributed by atoms with Crippen LogP contribution in [0.1, 0.15) is 26.3 Å². The summed E-state index contributed by atoms with van der Waals surface area (Å²) in [6.07, 6.45) is 0.296. The highest BCUT2D eigenvalue weighted by atomic mass is 32.2. The van der Waals surface area contributed by atoms with Gasteiger partial charge in [-0.2, -0.15) is 4.31 Å². The van der Waals surface area contributed by atoms with Gasteiger partial charge in [-0.25, -0.2) is 8.42 Å². The van der Waals surface area contributed by atoms with Gasteiger partial charge in [-0.15, -0.1) is 0 Å². The molecule has 1 N–H and O–H groups in total. The largest absolute Gasteiger partial charge is 0.353 e. The van der Waals surface area contributed by atoms with Gasteiger partial charge in [0, 0.05) is 45.2 Å². The maximum Gasteiger partial charge on any atom is 0.243 e. The van der Waals surface area contributed by atoms with Crippen molar-refractivity contribution in [2.45, 2.75) is 38.1 Å². The van der Waals surface area contributed by atoms with E-state index in [1.807, 2.05) is 19.0 Å². The standard InChI is InChI=1S/C19H30N4O4S/c1-6-22(7-2)28(26,27)16-8-9-17-15(12-16)13-18(23(17)14(3)24)19(25)20-10-11-21(4)5/h8-9,12,18H,6-7,10-11,13H2,1-5H3,(H,20,25)/t18-/m1/s1. The Morgan fingerprint density at radius 3 is 2.39 bits per heavy atom. The van der Waals surface area contributed by atoms with Crippen molar-refractivity contribution in [3.8, 4) is 0 Å². The molecule has 1 aliphatic rings. The molecule has 8 nitrogen and oxygen atoms in total. The zero-order valence-corrected chi connectivity index (χ0v) is 18.0. The van der Waals surface area contributed by atoms with E-state index in [9.17, 15) is 18.0 Å². The molecule has 0 spiro atoms. The molecule has 0 saturated carbocycles. The van der Waals surface area contributed by atoms with Crippen LogP contribution in [0.25, 0.3) is 0 Å². The van der Waals surface area contributed by atoms with Crippen molar-refractivity contribution in [2.24, 2.45) is 0 Å². The number of fused-ring (bicyclic) bond motifs is 1. The van der Waals surface area contributed by atoms with E-state index in [1.165, 1.54) is 22.2 Å². The van der Waals surface area contributed by atoms with Crippen LogP contribution in [-0.2, 0) is 26.0 Å². The van der Waals surface area contributed by atoms with Crippen molar-refractivity contribution < 1.29 is 18.0 Å². The summed E-state index contributed by atoms with van der Waals surface area (Å²) in [5.41, 5.74) is 1.29. The van der Waals surface area contributed by atoms with E-state index in [4.69, 9.17) is 0 Å². The second-order valence-electron chi connectivity index (χ2n) is 7.08. The van der Waals surface area contributed by atoms with E-state index < -0.39 is 16.1 Å². The normalized spacial score (nSPS) is 16.5. The molecule has 2 amide bonds. The van der Waals surface area contributed by atoms with Crippen molar-refractivity contribution in [1.82, 2.24) is 14.5 Å². The number of carbonyl (C=O) groups excluding carboxylic acids is 2. The van der Waals surface area contributed by atoms with Gasteiger partial charge in [0.05, 0.1) is 4.90 Å². The molecule has 2 rings (SSSR count). The predicted octanol–water partition coefficient (Wildman–Crippen LogP) is 0.673. The molecule has 0 bridgehead atoms. The van der Waals surface area contributed by atoms with Crippen LogP contribution in [0.3, 0.4) is 0 Å². The minimum absolute atomic E-state index is 0.187. The first-order valence-electron chi connectivity index (χ1n) is 9.48. The molecule has 0 fully saturated rings. The number of likely N-dealkylation sites (N-methyl/N-ethyl adjacent to an activating group) is 1. The summed E-state index contributed by atoms with van der Waals surface area (Å²) in [6.45, 7) is 6.93. The van der Waals surface area contributed by atoms with Crippen LogP contribution in [0.2, 0.25) is 0 Å². The molecule has 1 aromatic carbocycles. The molecule has 156 valence electrons. The molecule has 9 heteroatoms. The molecular weight excluding hydrogens is 380 g/mol. The molecule has 1 aromatic rings. The molecule has 1 aliphatic heterocycles. The smallest absolute Gasteiger partial charge is 0.243 e. The average Bonchev–Trinajstić information content (AvgIpc) is 3.01. The van der Waals surface area contributed by atoms with E-state index in [0.717, 1.165) is 0 Å². The van der Waals surface area contributed by atoms with Crippen LogP contribution >= 0.6 is 0 Å². The topological polar surface area (TPSA) is 90.0 Å². The van der Waals surface area contributed by atoms with Gasteiger partial charge in [0.1, 0.15) is 6.04 Å². The Hall–Kier alpha value is -1.97. The number of nitrogens with zero attached hydrogens (tertiary/aromatic N) is 3. The zero-order chi connectivity index (χ0) is 21.1. The maximum atomic E-state index is 12.8. The molecule has 1 atom stereocenters. The predicted molar refractivity (Wildman–Crippen MR) is 109 cm³/mol.